The van der Waals surface area contributed by atoms with Gasteiger partial charge in [-0.2, -0.15) is 0 Å². The van der Waals surface area contributed by atoms with E-state index in [-0.39, 0.29) is 42.0 Å². The zero-order chi connectivity index (χ0) is 20.9. The van der Waals surface area contributed by atoms with E-state index in [0.717, 1.165) is 37.4 Å². The number of amides is 2. The number of halogens is 1. The van der Waals surface area contributed by atoms with Crippen LogP contribution in [0.4, 0.5) is 4.79 Å². The molecule has 0 spiro atoms. The van der Waals surface area contributed by atoms with Gasteiger partial charge in [0, 0.05) is 52.1 Å². The van der Waals surface area contributed by atoms with Gasteiger partial charge in [-0.05, 0) is 38.3 Å². The van der Waals surface area contributed by atoms with Gasteiger partial charge in [0.1, 0.15) is 5.76 Å². The molecule has 0 unspecified atom stereocenters. The summed E-state index contributed by atoms with van der Waals surface area (Å²) in [5, 5.41) is 9.59. The van der Waals surface area contributed by atoms with Crippen LogP contribution in [0.3, 0.4) is 0 Å². The first kappa shape index (κ1) is 26.1. The minimum atomic E-state index is -0.241. The van der Waals surface area contributed by atoms with Gasteiger partial charge in [0.2, 0.25) is 5.91 Å². The first-order chi connectivity index (χ1) is 14.1. The van der Waals surface area contributed by atoms with Gasteiger partial charge in [-0.25, -0.2) is 4.79 Å². The third-order valence-corrected chi connectivity index (χ3v) is 4.58. The highest BCUT2D eigenvalue weighted by molar-refractivity contribution is 14.0. The number of rotatable bonds is 9. The van der Waals surface area contributed by atoms with Gasteiger partial charge in [-0.1, -0.05) is 0 Å². The van der Waals surface area contributed by atoms with E-state index in [2.05, 4.69) is 20.9 Å². The van der Waals surface area contributed by atoms with E-state index in [9.17, 15) is 9.59 Å². The lowest BCUT2D eigenvalue weighted by Gasteiger charge is -2.32. The van der Waals surface area contributed by atoms with E-state index >= 15 is 0 Å². The normalized spacial score (nSPS) is 14.6. The molecule has 0 atom stereocenters. The zero-order valence-corrected chi connectivity index (χ0v) is 20.1. The maximum Gasteiger partial charge on any atom is 0.409 e. The summed E-state index contributed by atoms with van der Waals surface area (Å²) in [6.07, 6.45) is 4.64. The van der Waals surface area contributed by atoms with Crippen LogP contribution in [0.2, 0.25) is 0 Å². The van der Waals surface area contributed by atoms with Crippen molar-refractivity contribution in [2.75, 3.05) is 39.3 Å². The molecule has 2 heterocycles. The van der Waals surface area contributed by atoms with Gasteiger partial charge in [0.05, 0.1) is 12.9 Å². The molecule has 3 N–H and O–H groups in total. The Morgan fingerprint density at radius 1 is 1.27 bits per heavy atom. The molecular formula is C20H34IN5O4. The standard InChI is InChI=1S/C20H33N5O4.HI/c1-3-28-20(27)25-13-8-17(9-14-25)24-19(22-11-5-10-21-16(2)26)23-12-7-18-6-4-15-29-18;/h4,6,15,17H,3,5,7-14H2,1-2H3,(H,21,26)(H2,22,23,24);1H. The number of guanidine groups is 1. The van der Waals surface area contributed by atoms with Crippen LogP contribution in [-0.4, -0.2) is 68.2 Å². The van der Waals surface area contributed by atoms with Crippen LogP contribution in [0.15, 0.2) is 27.8 Å². The molecule has 1 aromatic heterocycles. The molecule has 0 saturated carbocycles. The Morgan fingerprint density at radius 3 is 2.67 bits per heavy atom. The monoisotopic (exact) mass is 535 g/mol. The molecular weight excluding hydrogens is 501 g/mol. The fraction of sp³-hybridized carbons (Fsp3) is 0.650. The Balaban J connectivity index is 0.00000450. The fourth-order valence-corrected chi connectivity index (χ4v) is 3.06. The largest absolute Gasteiger partial charge is 0.469 e. The Labute approximate surface area is 195 Å². The number of furan rings is 1. The van der Waals surface area contributed by atoms with Crippen LogP contribution < -0.4 is 16.0 Å². The first-order valence-corrected chi connectivity index (χ1v) is 10.3. The lowest BCUT2D eigenvalue weighted by atomic mass is 10.1. The van der Waals surface area contributed by atoms with E-state index in [4.69, 9.17) is 9.15 Å². The molecule has 2 rings (SSSR count). The number of carbonyl (C=O) groups excluding carboxylic acids is 2. The SMILES string of the molecule is CCOC(=O)N1CCC(NC(=NCCCNC(C)=O)NCCc2ccco2)CC1.I. The summed E-state index contributed by atoms with van der Waals surface area (Å²) in [6, 6.07) is 4.07. The molecule has 10 heteroatoms. The van der Waals surface area contributed by atoms with Crippen molar-refractivity contribution in [2.45, 2.75) is 45.6 Å². The summed E-state index contributed by atoms with van der Waals surface area (Å²) >= 11 is 0. The first-order valence-electron chi connectivity index (χ1n) is 10.3. The molecule has 0 bridgehead atoms. The predicted molar refractivity (Wildman–Crippen MR) is 126 cm³/mol. The highest BCUT2D eigenvalue weighted by Crippen LogP contribution is 2.11. The van der Waals surface area contributed by atoms with Crippen LogP contribution in [0.5, 0.6) is 0 Å². The third-order valence-electron chi connectivity index (χ3n) is 4.58. The number of piperidine rings is 1. The number of aliphatic imine (C=N–C) groups is 1. The minimum absolute atomic E-state index is 0. The lowest BCUT2D eigenvalue weighted by molar-refractivity contribution is -0.118. The maximum absolute atomic E-state index is 11.8. The molecule has 0 aliphatic carbocycles. The molecule has 1 aliphatic heterocycles. The zero-order valence-electron chi connectivity index (χ0n) is 17.8. The highest BCUT2D eigenvalue weighted by Gasteiger charge is 2.24. The molecule has 170 valence electrons. The summed E-state index contributed by atoms with van der Waals surface area (Å²) in [4.78, 5) is 29.2. The molecule has 2 amide bonds. The molecule has 0 radical (unpaired) electrons. The Hall–Kier alpha value is -1.98. The second-order valence-corrected chi connectivity index (χ2v) is 6.93. The van der Waals surface area contributed by atoms with Gasteiger partial charge in [-0.15, -0.1) is 24.0 Å². The third kappa shape index (κ3) is 10.2. The Kier molecular flexibility index (Phi) is 13.0. The van der Waals surface area contributed by atoms with Crippen LogP contribution in [-0.2, 0) is 16.0 Å². The van der Waals surface area contributed by atoms with Crippen molar-refractivity contribution < 1.29 is 18.7 Å². The maximum atomic E-state index is 11.8. The number of hydrogen-bond donors (Lipinski definition) is 3. The average molecular weight is 535 g/mol. The number of likely N-dealkylation sites (tertiary alicyclic amines) is 1. The molecule has 1 aromatic rings. The van der Waals surface area contributed by atoms with Crippen molar-refractivity contribution >= 4 is 41.9 Å². The summed E-state index contributed by atoms with van der Waals surface area (Å²) in [5.41, 5.74) is 0. The summed E-state index contributed by atoms with van der Waals surface area (Å²) in [5.74, 6) is 1.64. The van der Waals surface area contributed by atoms with Crippen molar-refractivity contribution in [2.24, 2.45) is 4.99 Å². The average Bonchev–Trinajstić information content (AvgIpc) is 3.21. The molecule has 30 heavy (non-hydrogen) atoms. The van der Waals surface area contributed by atoms with E-state index < -0.39 is 0 Å². The molecule has 1 fully saturated rings. The van der Waals surface area contributed by atoms with Crippen LogP contribution >= 0.6 is 24.0 Å². The van der Waals surface area contributed by atoms with E-state index in [1.54, 1.807) is 11.2 Å². The van der Waals surface area contributed by atoms with Crippen LogP contribution in [0.25, 0.3) is 0 Å². The van der Waals surface area contributed by atoms with Gasteiger partial charge in [0.15, 0.2) is 5.96 Å². The van der Waals surface area contributed by atoms with Gasteiger partial charge < -0.3 is 30.0 Å². The Bertz CT molecular complexity index is 646. The summed E-state index contributed by atoms with van der Waals surface area (Å²) in [6.45, 7) is 6.97. The Morgan fingerprint density at radius 2 is 2.03 bits per heavy atom. The van der Waals surface area contributed by atoms with E-state index in [1.807, 2.05) is 19.1 Å². The quantitative estimate of drug-likeness (QED) is 0.194. The summed E-state index contributed by atoms with van der Waals surface area (Å²) in [7, 11) is 0. The number of hydrogen-bond acceptors (Lipinski definition) is 5. The smallest absolute Gasteiger partial charge is 0.409 e. The molecule has 9 nitrogen and oxygen atoms in total. The van der Waals surface area contributed by atoms with Gasteiger partial charge in [-0.3, -0.25) is 9.79 Å². The minimum Gasteiger partial charge on any atom is -0.469 e. The second-order valence-electron chi connectivity index (χ2n) is 6.93. The number of carbonyl (C=O) groups is 2. The molecule has 1 saturated heterocycles. The lowest BCUT2D eigenvalue weighted by Crippen LogP contribution is -2.50. The van der Waals surface area contributed by atoms with Crippen molar-refractivity contribution in [3.8, 4) is 0 Å². The van der Waals surface area contributed by atoms with Crippen molar-refractivity contribution in [1.82, 2.24) is 20.9 Å². The predicted octanol–water partition coefficient (Wildman–Crippen LogP) is 2.12. The molecule has 0 aromatic carbocycles. The molecule has 1 aliphatic rings. The number of nitrogens with one attached hydrogen (secondary N) is 3. The number of nitrogens with zero attached hydrogens (tertiary/aromatic N) is 2. The topological polar surface area (TPSA) is 108 Å². The fourth-order valence-electron chi connectivity index (χ4n) is 3.06. The van der Waals surface area contributed by atoms with E-state index in [1.165, 1.54) is 6.92 Å². The van der Waals surface area contributed by atoms with Crippen LogP contribution in [0.1, 0.15) is 38.9 Å². The van der Waals surface area contributed by atoms with Crippen molar-refractivity contribution in [3.63, 3.8) is 0 Å². The second kappa shape index (κ2) is 14.9. The van der Waals surface area contributed by atoms with Crippen LogP contribution in [0, 0.1) is 0 Å². The van der Waals surface area contributed by atoms with Crippen molar-refractivity contribution in [1.29, 1.82) is 0 Å². The number of ether oxygens (including phenoxy) is 1. The van der Waals surface area contributed by atoms with Gasteiger partial charge in [0.25, 0.3) is 0 Å². The van der Waals surface area contributed by atoms with Gasteiger partial charge >= 0.3 is 6.09 Å². The highest BCUT2D eigenvalue weighted by atomic mass is 127. The van der Waals surface area contributed by atoms with E-state index in [0.29, 0.717) is 39.3 Å². The van der Waals surface area contributed by atoms with Crippen molar-refractivity contribution in [3.05, 3.63) is 24.2 Å². The summed E-state index contributed by atoms with van der Waals surface area (Å²) < 4.78 is 10.4.